The summed E-state index contributed by atoms with van der Waals surface area (Å²) in [5, 5.41) is 0. The molecule has 1 heterocycles. The van der Waals surface area contributed by atoms with Gasteiger partial charge in [-0.05, 0) is 25.1 Å². The van der Waals surface area contributed by atoms with Crippen LogP contribution in [0.5, 0.6) is 0 Å². The van der Waals surface area contributed by atoms with Crippen molar-refractivity contribution < 1.29 is 13.6 Å². The van der Waals surface area contributed by atoms with Crippen LogP contribution in [0.25, 0.3) is 11.3 Å². The number of halogens is 1. The maximum Gasteiger partial charge on any atom is 0.254 e. The quantitative estimate of drug-likeness (QED) is 0.836. The lowest BCUT2D eigenvalue weighted by Gasteiger charge is -2.13. The third-order valence-electron chi connectivity index (χ3n) is 2.78. The van der Waals surface area contributed by atoms with Crippen molar-refractivity contribution in [2.45, 2.75) is 13.8 Å². The Kier molecular flexibility index (Phi) is 3.38. The SMILES string of the molecule is Cc1nc(-c2cc(F)ccc2C(=O)N(C)C)c(C)o1. The van der Waals surface area contributed by atoms with Crippen LogP contribution in [0.2, 0.25) is 0 Å². The Hall–Kier alpha value is -2.17. The highest BCUT2D eigenvalue weighted by atomic mass is 19.1. The third-order valence-corrected chi connectivity index (χ3v) is 2.78. The molecule has 0 spiro atoms. The number of oxazole rings is 1. The van der Waals surface area contributed by atoms with Crippen molar-refractivity contribution in [1.82, 2.24) is 9.88 Å². The number of hydrogen-bond acceptors (Lipinski definition) is 3. The van der Waals surface area contributed by atoms with Crippen LogP contribution < -0.4 is 0 Å². The summed E-state index contributed by atoms with van der Waals surface area (Å²) < 4.78 is 18.8. The molecule has 100 valence electrons. The Bertz CT molecular complexity index is 632. The first-order valence-corrected chi connectivity index (χ1v) is 5.85. The lowest BCUT2D eigenvalue weighted by Crippen LogP contribution is -2.22. The van der Waals surface area contributed by atoms with Gasteiger partial charge < -0.3 is 9.32 Å². The van der Waals surface area contributed by atoms with Gasteiger partial charge in [-0.1, -0.05) is 0 Å². The molecule has 0 saturated heterocycles. The summed E-state index contributed by atoms with van der Waals surface area (Å²) in [7, 11) is 3.30. The summed E-state index contributed by atoms with van der Waals surface area (Å²) in [5.41, 5.74) is 1.36. The lowest BCUT2D eigenvalue weighted by molar-refractivity contribution is 0.0828. The van der Waals surface area contributed by atoms with E-state index in [1.807, 2.05) is 0 Å². The van der Waals surface area contributed by atoms with Gasteiger partial charge in [-0.25, -0.2) is 9.37 Å². The summed E-state index contributed by atoms with van der Waals surface area (Å²) in [5.74, 6) is 0.441. The fraction of sp³-hybridized carbons (Fsp3) is 0.286. The molecule has 4 nitrogen and oxygen atoms in total. The average Bonchev–Trinajstić information content (AvgIpc) is 2.67. The maximum atomic E-state index is 13.5. The normalized spacial score (nSPS) is 10.6. The summed E-state index contributed by atoms with van der Waals surface area (Å²) in [4.78, 5) is 17.8. The molecule has 0 unspecified atom stereocenters. The second-order valence-electron chi connectivity index (χ2n) is 4.53. The molecular formula is C14H15FN2O2. The van der Waals surface area contributed by atoms with Gasteiger partial charge in [0.05, 0.1) is 0 Å². The maximum absolute atomic E-state index is 13.5. The van der Waals surface area contributed by atoms with Gasteiger partial charge in [0.2, 0.25) is 0 Å². The molecule has 2 aromatic rings. The van der Waals surface area contributed by atoms with Crippen LogP contribution in [0, 0.1) is 19.7 Å². The van der Waals surface area contributed by atoms with E-state index < -0.39 is 5.82 Å². The third kappa shape index (κ3) is 2.50. The van der Waals surface area contributed by atoms with Gasteiger partial charge in [0.15, 0.2) is 5.89 Å². The zero-order valence-corrected chi connectivity index (χ0v) is 11.3. The smallest absolute Gasteiger partial charge is 0.254 e. The fourth-order valence-corrected chi connectivity index (χ4v) is 1.92. The lowest BCUT2D eigenvalue weighted by atomic mass is 10.0. The van der Waals surface area contributed by atoms with E-state index in [4.69, 9.17) is 4.42 Å². The van der Waals surface area contributed by atoms with E-state index in [9.17, 15) is 9.18 Å². The molecule has 0 N–H and O–H groups in total. The highest BCUT2D eigenvalue weighted by Crippen LogP contribution is 2.28. The van der Waals surface area contributed by atoms with Crippen LogP contribution in [0.3, 0.4) is 0 Å². The second kappa shape index (κ2) is 4.84. The molecule has 0 bridgehead atoms. The van der Waals surface area contributed by atoms with Gasteiger partial charge in [-0.15, -0.1) is 0 Å². The van der Waals surface area contributed by atoms with E-state index in [2.05, 4.69) is 4.98 Å². The molecule has 1 aromatic carbocycles. The van der Waals surface area contributed by atoms with Crippen molar-refractivity contribution in [3.63, 3.8) is 0 Å². The zero-order valence-electron chi connectivity index (χ0n) is 11.3. The van der Waals surface area contributed by atoms with Crippen molar-refractivity contribution in [3.8, 4) is 11.3 Å². The number of hydrogen-bond donors (Lipinski definition) is 0. The van der Waals surface area contributed by atoms with Crippen molar-refractivity contribution in [3.05, 3.63) is 41.2 Å². The fourth-order valence-electron chi connectivity index (χ4n) is 1.92. The van der Waals surface area contributed by atoms with E-state index in [1.165, 1.54) is 23.1 Å². The van der Waals surface area contributed by atoms with Crippen LogP contribution in [0.1, 0.15) is 22.0 Å². The molecule has 19 heavy (non-hydrogen) atoms. The Balaban J connectivity index is 2.64. The predicted molar refractivity (Wildman–Crippen MR) is 69.4 cm³/mol. The topological polar surface area (TPSA) is 46.3 Å². The number of aryl methyl sites for hydroxylation is 2. The summed E-state index contributed by atoms with van der Waals surface area (Å²) >= 11 is 0. The van der Waals surface area contributed by atoms with Crippen LogP contribution in [0.4, 0.5) is 4.39 Å². The number of nitrogens with zero attached hydrogens (tertiary/aromatic N) is 2. The number of carbonyl (C=O) groups is 1. The summed E-state index contributed by atoms with van der Waals surface area (Å²) in [6.45, 7) is 3.45. The molecule has 2 rings (SSSR count). The number of rotatable bonds is 2. The molecule has 0 radical (unpaired) electrons. The molecule has 5 heteroatoms. The predicted octanol–water partition coefficient (Wildman–Crippen LogP) is 2.80. The molecule has 0 fully saturated rings. The molecule has 0 aliphatic carbocycles. The van der Waals surface area contributed by atoms with E-state index in [0.29, 0.717) is 28.5 Å². The van der Waals surface area contributed by atoms with Gasteiger partial charge >= 0.3 is 0 Å². The van der Waals surface area contributed by atoms with Gasteiger partial charge in [0, 0.05) is 32.1 Å². The monoisotopic (exact) mass is 262 g/mol. The minimum atomic E-state index is -0.412. The van der Waals surface area contributed by atoms with Gasteiger partial charge in [0.1, 0.15) is 17.3 Å². The standard InChI is InChI=1S/C14H15FN2O2/c1-8-13(16-9(2)19-8)12-7-10(15)5-6-11(12)14(18)17(3)4/h5-7H,1-4H3. The summed E-state index contributed by atoms with van der Waals surface area (Å²) in [6, 6.07) is 4.04. The Morgan fingerprint density at radius 1 is 1.32 bits per heavy atom. The highest BCUT2D eigenvalue weighted by Gasteiger charge is 2.19. The van der Waals surface area contributed by atoms with Crippen LogP contribution in [-0.2, 0) is 0 Å². The zero-order chi connectivity index (χ0) is 14.2. The average molecular weight is 262 g/mol. The van der Waals surface area contributed by atoms with Gasteiger partial charge in [-0.2, -0.15) is 0 Å². The van der Waals surface area contributed by atoms with E-state index >= 15 is 0 Å². The van der Waals surface area contributed by atoms with E-state index in [1.54, 1.807) is 27.9 Å². The highest BCUT2D eigenvalue weighted by molar-refractivity contribution is 6.00. The molecule has 0 atom stereocenters. The van der Waals surface area contributed by atoms with Gasteiger partial charge in [-0.3, -0.25) is 4.79 Å². The molecule has 0 aliphatic rings. The number of carbonyl (C=O) groups excluding carboxylic acids is 1. The van der Waals surface area contributed by atoms with Crippen molar-refractivity contribution in [2.75, 3.05) is 14.1 Å². The van der Waals surface area contributed by atoms with Crippen molar-refractivity contribution in [1.29, 1.82) is 0 Å². The van der Waals surface area contributed by atoms with Crippen LogP contribution in [0.15, 0.2) is 22.6 Å². The van der Waals surface area contributed by atoms with Gasteiger partial charge in [0.25, 0.3) is 5.91 Å². The first-order chi connectivity index (χ1) is 8.90. The second-order valence-corrected chi connectivity index (χ2v) is 4.53. The Morgan fingerprint density at radius 3 is 2.53 bits per heavy atom. The minimum absolute atomic E-state index is 0.199. The first-order valence-electron chi connectivity index (χ1n) is 5.85. The Labute approximate surface area is 110 Å². The van der Waals surface area contributed by atoms with Crippen molar-refractivity contribution >= 4 is 5.91 Å². The number of aromatic nitrogens is 1. The first kappa shape index (κ1) is 13.3. The molecule has 1 amide bonds. The van der Waals surface area contributed by atoms with E-state index in [0.717, 1.165) is 0 Å². The summed E-state index contributed by atoms with van der Waals surface area (Å²) in [6.07, 6.45) is 0. The molecule has 0 saturated carbocycles. The van der Waals surface area contributed by atoms with Crippen LogP contribution in [-0.4, -0.2) is 29.9 Å². The Morgan fingerprint density at radius 2 is 2.00 bits per heavy atom. The molecule has 1 aromatic heterocycles. The molecular weight excluding hydrogens is 247 g/mol. The van der Waals surface area contributed by atoms with Crippen LogP contribution >= 0.6 is 0 Å². The van der Waals surface area contributed by atoms with E-state index in [-0.39, 0.29) is 5.91 Å². The number of benzene rings is 1. The number of amides is 1. The molecule has 0 aliphatic heterocycles. The largest absolute Gasteiger partial charge is 0.446 e. The van der Waals surface area contributed by atoms with Crippen molar-refractivity contribution in [2.24, 2.45) is 0 Å². The minimum Gasteiger partial charge on any atom is -0.446 e.